The van der Waals surface area contributed by atoms with Crippen molar-refractivity contribution in [2.24, 2.45) is 4.99 Å². The Morgan fingerprint density at radius 3 is 2.57 bits per heavy atom. The number of fused-ring (bicyclic) bond motifs is 3. The maximum atomic E-state index is 4.64. The van der Waals surface area contributed by atoms with Crippen LogP contribution < -0.4 is 10.6 Å². The van der Waals surface area contributed by atoms with Crippen LogP contribution in [0.1, 0.15) is 17.0 Å². The van der Waals surface area contributed by atoms with Gasteiger partial charge in [0.2, 0.25) is 0 Å². The lowest BCUT2D eigenvalue weighted by Crippen LogP contribution is -2.63. The Morgan fingerprint density at radius 2 is 1.93 bits per heavy atom. The van der Waals surface area contributed by atoms with Crippen LogP contribution >= 0.6 is 0 Å². The normalized spacial score (nSPS) is 24.4. The summed E-state index contributed by atoms with van der Waals surface area (Å²) in [7, 11) is 1.83. The lowest BCUT2D eigenvalue weighted by Gasteiger charge is -2.47. The molecule has 3 saturated heterocycles. The zero-order valence-electron chi connectivity index (χ0n) is 17.1. The van der Waals surface area contributed by atoms with Gasteiger partial charge in [-0.05, 0) is 31.5 Å². The summed E-state index contributed by atoms with van der Waals surface area (Å²) in [5.74, 6) is 0.848. The first-order valence-electron chi connectivity index (χ1n) is 10.2. The van der Waals surface area contributed by atoms with Crippen LogP contribution in [0.3, 0.4) is 0 Å². The van der Waals surface area contributed by atoms with Gasteiger partial charge in [0.1, 0.15) is 0 Å². The molecule has 5 rings (SSSR count). The highest BCUT2D eigenvalue weighted by molar-refractivity contribution is 5.79. The van der Waals surface area contributed by atoms with Gasteiger partial charge in [0.05, 0.1) is 11.4 Å². The predicted molar refractivity (Wildman–Crippen MR) is 113 cm³/mol. The van der Waals surface area contributed by atoms with Crippen LogP contribution in [0.5, 0.6) is 0 Å². The summed E-state index contributed by atoms with van der Waals surface area (Å²) in [6.45, 7) is 11.7. The van der Waals surface area contributed by atoms with Crippen LogP contribution in [-0.2, 0) is 6.54 Å². The molecule has 1 aromatic heterocycles. The molecule has 3 fully saturated rings. The minimum atomic E-state index is 0.572. The SMILES string of the molecule is CN=C(NCc1ccccc1-n1nc(C)cc1C)NCC1CN2CCN1CC2. The monoisotopic (exact) mass is 381 g/mol. The molecule has 7 heteroatoms. The number of aromatic nitrogens is 2. The van der Waals surface area contributed by atoms with Crippen LogP contribution in [0.25, 0.3) is 5.69 Å². The molecule has 0 aliphatic carbocycles. The topological polar surface area (TPSA) is 60.7 Å². The third-order valence-corrected chi connectivity index (χ3v) is 5.80. The van der Waals surface area contributed by atoms with Crippen LogP contribution in [-0.4, -0.2) is 77.9 Å². The fraction of sp³-hybridized carbons (Fsp3) is 0.524. The van der Waals surface area contributed by atoms with Crippen LogP contribution in [0.4, 0.5) is 0 Å². The van der Waals surface area contributed by atoms with E-state index < -0.39 is 0 Å². The van der Waals surface area contributed by atoms with Gasteiger partial charge in [0.25, 0.3) is 0 Å². The number of piperazine rings is 3. The van der Waals surface area contributed by atoms with Crippen molar-refractivity contribution < 1.29 is 0 Å². The second-order valence-corrected chi connectivity index (χ2v) is 7.76. The summed E-state index contributed by atoms with van der Waals surface area (Å²) < 4.78 is 2.02. The molecule has 1 atom stereocenters. The summed E-state index contributed by atoms with van der Waals surface area (Å²) in [4.78, 5) is 9.57. The van der Waals surface area contributed by atoms with Crippen LogP contribution in [0.15, 0.2) is 35.3 Å². The third-order valence-electron chi connectivity index (χ3n) is 5.80. The molecule has 1 unspecified atom stereocenters. The van der Waals surface area contributed by atoms with Gasteiger partial charge in [-0.2, -0.15) is 5.10 Å². The molecule has 28 heavy (non-hydrogen) atoms. The predicted octanol–water partition coefficient (Wildman–Crippen LogP) is 1.15. The Bertz CT molecular complexity index is 833. The number of para-hydroxylation sites is 1. The number of aliphatic imine (C=N–C) groups is 1. The van der Waals surface area contributed by atoms with E-state index in [4.69, 9.17) is 0 Å². The Hall–Kier alpha value is -2.38. The maximum Gasteiger partial charge on any atom is 0.191 e. The minimum absolute atomic E-state index is 0.572. The molecule has 0 amide bonds. The van der Waals surface area contributed by atoms with E-state index in [-0.39, 0.29) is 0 Å². The minimum Gasteiger partial charge on any atom is -0.355 e. The molecular formula is C21H31N7. The van der Waals surface area contributed by atoms with Gasteiger partial charge in [-0.3, -0.25) is 14.8 Å². The number of nitrogens with one attached hydrogen (secondary N) is 2. The Kier molecular flexibility index (Phi) is 5.64. The van der Waals surface area contributed by atoms with Crippen molar-refractivity contribution in [2.45, 2.75) is 26.4 Å². The highest BCUT2D eigenvalue weighted by Gasteiger charge is 2.31. The fourth-order valence-corrected chi connectivity index (χ4v) is 4.27. The molecule has 150 valence electrons. The molecule has 0 saturated carbocycles. The van der Waals surface area contributed by atoms with Gasteiger partial charge in [0.15, 0.2) is 5.96 Å². The molecule has 0 radical (unpaired) electrons. The molecule has 3 aliphatic rings. The van der Waals surface area contributed by atoms with Gasteiger partial charge in [-0.1, -0.05) is 18.2 Å². The number of benzene rings is 1. The second-order valence-electron chi connectivity index (χ2n) is 7.76. The smallest absolute Gasteiger partial charge is 0.191 e. The van der Waals surface area contributed by atoms with Crippen molar-refractivity contribution in [1.29, 1.82) is 0 Å². The van der Waals surface area contributed by atoms with Crippen molar-refractivity contribution in [3.05, 3.63) is 47.3 Å². The Morgan fingerprint density at radius 1 is 1.14 bits per heavy atom. The maximum absolute atomic E-state index is 4.64. The lowest BCUT2D eigenvalue weighted by atomic mass is 10.1. The molecule has 2 bridgehead atoms. The van der Waals surface area contributed by atoms with Gasteiger partial charge >= 0.3 is 0 Å². The van der Waals surface area contributed by atoms with Crippen molar-refractivity contribution >= 4 is 5.96 Å². The van der Waals surface area contributed by atoms with Gasteiger partial charge < -0.3 is 10.6 Å². The molecule has 0 spiro atoms. The summed E-state index contributed by atoms with van der Waals surface area (Å²) in [5, 5.41) is 11.6. The number of nitrogens with zero attached hydrogens (tertiary/aromatic N) is 5. The zero-order valence-corrected chi connectivity index (χ0v) is 17.1. The molecule has 3 aliphatic heterocycles. The molecule has 7 nitrogen and oxygen atoms in total. The van der Waals surface area contributed by atoms with Gasteiger partial charge in [0, 0.05) is 64.6 Å². The molecule has 4 heterocycles. The van der Waals surface area contributed by atoms with E-state index >= 15 is 0 Å². The highest BCUT2D eigenvalue weighted by Crippen LogP contribution is 2.17. The first-order valence-corrected chi connectivity index (χ1v) is 10.2. The summed E-state index contributed by atoms with van der Waals surface area (Å²) in [5.41, 5.74) is 4.48. The molecule has 2 aromatic rings. The summed E-state index contributed by atoms with van der Waals surface area (Å²) >= 11 is 0. The summed E-state index contributed by atoms with van der Waals surface area (Å²) in [6.07, 6.45) is 0. The van der Waals surface area contributed by atoms with E-state index in [2.05, 4.69) is 67.8 Å². The van der Waals surface area contributed by atoms with E-state index in [1.165, 1.54) is 31.7 Å². The van der Waals surface area contributed by atoms with Crippen molar-refractivity contribution in [1.82, 2.24) is 30.2 Å². The number of rotatable bonds is 5. The van der Waals surface area contributed by atoms with E-state index in [0.717, 1.165) is 36.1 Å². The molecule has 1 aromatic carbocycles. The number of hydrogen-bond acceptors (Lipinski definition) is 4. The van der Waals surface area contributed by atoms with E-state index in [1.807, 2.05) is 18.7 Å². The van der Waals surface area contributed by atoms with Crippen molar-refractivity contribution in [2.75, 3.05) is 46.3 Å². The third kappa shape index (κ3) is 4.05. The van der Waals surface area contributed by atoms with Crippen molar-refractivity contribution in [3.63, 3.8) is 0 Å². The second kappa shape index (κ2) is 8.32. The number of aryl methyl sites for hydroxylation is 2. The average Bonchev–Trinajstić information content (AvgIpc) is 3.07. The Balaban J connectivity index is 1.38. The lowest BCUT2D eigenvalue weighted by molar-refractivity contribution is 0.0154. The van der Waals surface area contributed by atoms with Crippen LogP contribution in [0.2, 0.25) is 0 Å². The van der Waals surface area contributed by atoms with E-state index in [0.29, 0.717) is 12.6 Å². The summed E-state index contributed by atoms with van der Waals surface area (Å²) in [6, 6.07) is 11.1. The molecule has 2 N–H and O–H groups in total. The van der Waals surface area contributed by atoms with E-state index in [9.17, 15) is 0 Å². The van der Waals surface area contributed by atoms with E-state index in [1.54, 1.807) is 0 Å². The fourth-order valence-electron chi connectivity index (χ4n) is 4.27. The number of hydrogen-bond donors (Lipinski definition) is 2. The largest absolute Gasteiger partial charge is 0.355 e. The van der Waals surface area contributed by atoms with Crippen LogP contribution in [0, 0.1) is 13.8 Å². The Labute approximate surface area is 167 Å². The first kappa shape index (κ1) is 19.0. The van der Waals surface area contributed by atoms with Gasteiger partial charge in [-0.15, -0.1) is 0 Å². The van der Waals surface area contributed by atoms with Crippen molar-refractivity contribution in [3.8, 4) is 5.69 Å². The van der Waals surface area contributed by atoms with Gasteiger partial charge in [-0.25, -0.2) is 4.68 Å². The average molecular weight is 382 g/mol. The zero-order chi connectivity index (χ0) is 19.5. The molecular weight excluding hydrogens is 350 g/mol. The quantitative estimate of drug-likeness (QED) is 0.601. The standard InChI is InChI=1S/C21H31N7/c1-16-12-17(2)28(25-16)20-7-5-4-6-18(20)13-23-21(22-3)24-14-19-15-26-8-10-27(19)11-9-26/h4-7,12,19H,8-11,13-15H2,1-3H3,(H2,22,23,24). The number of guanidine groups is 1. The first-order chi connectivity index (χ1) is 13.6. The highest BCUT2D eigenvalue weighted by atomic mass is 15.4.